The summed E-state index contributed by atoms with van der Waals surface area (Å²) in [6.07, 6.45) is 14.4. The zero-order valence-corrected chi connectivity index (χ0v) is 14.9. The fourth-order valence-corrected chi connectivity index (χ4v) is 2.71. The number of hydrogen-bond donors (Lipinski definition) is 0. The summed E-state index contributed by atoms with van der Waals surface area (Å²) in [6.45, 7) is 5.92. The summed E-state index contributed by atoms with van der Waals surface area (Å²) in [7, 11) is 0. The summed E-state index contributed by atoms with van der Waals surface area (Å²) in [5.41, 5.74) is 1.65. The van der Waals surface area contributed by atoms with Gasteiger partial charge in [-0.15, -0.1) is 0 Å². The lowest BCUT2D eigenvalue weighted by molar-refractivity contribution is -0.697. The van der Waals surface area contributed by atoms with Crippen molar-refractivity contribution in [3.8, 4) is 23.0 Å². The molecule has 26 heavy (non-hydrogen) atoms. The van der Waals surface area contributed by atoms with E-state index in [1.165, 1.54) is 0 Å². The molecule has 4 heterocycles. The normalized spacial score (nSPS) is 11.0. The standard InChI is InChI=1S/C20H20N6/c1-3-23-11-13-25(15-23)19-9-5-7-17(21-19)18-8-6-10-20(22-18)26-14-12-24(4-2)16-26/h5-14H,3-4H2,1-2H3. The molecule has 0 aliphatic heterocycles. The van der Waals surface area contributed by atoms with Crippen molar-refractivity contribution in [2.75, 3.05) is 0 Å². The maximum absolute atomic E-state index is 4.75. The zero-order chi connectivity index (χ0) is 17.9. The molecule has 0 saturated carbocycles. The van der Waals surface area contributed by atoms with Gasteiger partial charge in [-0.3, -0.25) is 9.97 Å². The van der Waals surface area contributed by atoms with Crippen LogP contribution < -0.4 is 9.13 Å². The molecule has 0 aliphatic carbocycles. The maximum Gasteiger partial charge on any atom is 0.244 e. The van der Waals surface area contributed by atoms with Crippen LogP contribution in [0.2, 0.25) is 0 Å². The van der Waals surface area contributed by atoms with E-state index in [4.69, 9.17) is 9.97 Å². The van der Waals surface area contributed by atoms with Crippen LogP contribution in [0.4, 0.5) is 0 Å². The highest BCUT2D eigenvalue weighted by Gasteiger charge is 2.06. The average molecular weight is 344 g/mol. The first-order chi connectivity index (χ1) is 12.8. The molecule has 4 aromatic rings. The van der Waals surface area contributed by atoms with Gasteiger partial charge in [0.2, 0.25) is 12.7 Å². The molecule has 0 spiro atoms. The van der Waals surface area contributed by atoms with Gasteiger partial charge in [0.25, 0.3) is 0 Å². The number of pyridine rings is 2. The second-order valence-electron chi connectivity index (χ2n) is 5.87. The molecule has 0 aromatic carbocycles. The molecule has 0 radical (unpaired) electrons. The smallest absolute Gasteiger partial charge is 0.244 e. The topological polar surface area (TPSA) is 43.4 Å². The molecule has 0 N–H and O–H groups in total. The predicted molar refractivity (Wildman–Crippen MR) is 95.5 cm³/mol. The highest BCUT2D eigenvalue weighted by Crippen LogP contribution is 2.17. The highest BCUT2D eigenvalue weighted by molar-refractivity contribution is 5.56. The summed E-state index contributed by atoms with van der Waals surface area (Å²) in [4.78, 5) is 9.50. The Labute approximate surface area is 152 Å². The van der Waals surface area contributed by atoms with Crippen LogP contribution in [0, 0.1) is 12.7 Å². The van der Waals surface area contributed by atoms with Crippen molar-refractivity contribution >= 4 is 0 Å². The maximum atomic E-state index is 4.75. The first kappa shape index (κ1) is 16.2. The van der Waals surface area contributed by atoms with E-state index in [1.807, 2.05) is 79.5 Å². The van der Waals surface area contributed by atoms with E-state index >= 15 is 0 Å². The van der Waals surface area contributed by atoms with E-state index in [9.17, 15) is 0 Å². The first-order valence-corrected chi connectivity index (χ1v) is 8.72. The van der Waals surface area contributed by atoms with E-state index < -0.39 is 0 Å². The van der Waals surface area contributed by atoms with Crippen LogP contribution in [0.1, 0.15) is 13.8 Å². The summed E-state index contributed by atoms with van der Waals surface area (Å²) in [5, 5.41) is 0. The lowest BCUT2D eigenvalue weighted by Crippen LogP contribution is -2.29. The van der Waals surface area contributed by atoms with Crippen molar-refractivity contribution in [1.82, 2.24) is 19.1 Å². The van der Waals surface area contributed by atoms with Gasteiger partial charge in [-0.2, -0.15) is 0 Å². The van der Waals surface area contributed by atoms with Crippen molar-refractivity contribution in [2.24, 2.45) is 0 Å². The highest BCUT2D eigenvalue weighted by atomic mass is 15.2. The Morgan fingerprint density at radius 2 is 1.23 bits per heavy atom. The van der Waals surface area contributed by atoms with Crippen LogP contribution in [0.15, 0.2) is 61.2 Å². The number of rotatable bonds is 5. The molecule has 0 aliphatic rings. The number of hydrogen-bond acceptors (Lipinski definition) is 2. The molecular weight excluding hydrogens is 324 g/mol. The van der Waals surface area contributed by atoms with Crippen molar-refractivity contribution in [2.45, 2.75) is 26.9 Å². The van der Waals surface area contributed by atoms with E-state index in [2.05, 4.69) is 26.5 Å². The van der Waals surface area contributed by atoms with Crippen LogP contribution in [-0.2, 0) is 13.1 Å². The number of imidazole rings is 2. The van der Waals surface area contributed by atoms with Crippen LogP contribution >= 0.6 is 0 Å². The van der Waals surface area contributed by atoms with Crippen molar-refractivity contribution in [1.29, 1.82) is 0 Å². The Balaban J connectivity index is 1.69. The quantitative estimate of drug-likeness (QED) is 0.410. The molecule has 4 aromatic heterocycles. The summed E-state index contributed by atoms with van der Waals surface area (Å²) >= 11 is 0. The Bertz CT molecular complexity index is 946. The number of nitrogens with zero attached hydrogens (tertiary/aromatic N) is 6. The molecule has 6 nitrogen and oxygen atoms in total. The molecule has 0 bridgehead atoms. The monoisotopic (exact) mass is 344 g/mol. The largest absolute Gasteiger partial charge is 0.320 e. The lowest BCUT2D eigenvalue weighted by atomic mass is 10.2. The SMILES string of the molecule is CC[n+]1[c-]n(-c2cccc(-c3cccc(-n4[c-][n+](CC)cc4)n3)n2)cc1. The Morgan fingerprint density at radius 1 is 0.769 bits per heavy atom. The predicted octanol–water partition coefficient (Wildman–Crippen LogP) is 1.94. The molecule has 0 fully saturated rings. The molecule has 130 valence electrons. The van der Waals surface area contributed by atoms with Gasteiger partial charge in [-0.05, 0) is 38.1 Å². The molecular formula is C20H20N6. The molecule has 6 heteroatoms. The molecule has 0 saturated heterocycles. The van der Waals surface area contributed by atoms with E-state index in [1.54, 1.807) is 0 Å². The van der Waals surface area contributed by atoms with Gasteiger partial charge in [0.15, 0.2) is 0 Å². The van der Waals surface area contributed by atoms with E-state index in [0.29, 0.717) is 0 Å². The van der Waals surface area contributed by atoms with Crippen LogP contribution in [0.25, 0.3) is 23.0 Å². The minimum Gasteiger partial charge on any atom is -0.320 e. The van der Waals surface area contributed by atoms with Gasteiger partial charge in [0.05, 0.1) is 24.5 Å². The summed E-state index contributed by atoms with van der Waals surface area (Å²) in [6, 6.07) is 11.9. The fourth-order valence-electron chi connectivity index (χ4n) is 2.71. The zero-order valence-electron chi connectivity index (χ0n) is 14.9. The van der Waals surface area contributed by atoms with Crippen molar-refractivity contribution < 1.29 is 9.13 Å². The molecule has 0 amide bonds. The minimum atomic E-state index is 0.818. The Morgan fingerprint density at radius 3 is 1.62 bits per heavy atom. The van der Waals surface area contributed by atoms with Crippen LogP contribution in [-0.4, -0.2) is 19.1 Å². The third-order valence-corrected chi connectivity index (χ3v) is 4.17. The number of aromatic nitrogens is 6. The minimum absolute atomic E-state index is 0.818. The molecule has 0 unspecified atom stereocenters. The van der Waals surface area contributed by atoms with Crippen molar-refractivity contribution in [3.05, 3.63) is 73.8 Å². The van der Waals surface area contributed by atoms with E-state index in [0.717, 1.165) is 36.1 Å². The second kappa shape index (κ2) is 6.92. The third-order valence-electron chi connectivity index (χ3n) is 4.17. The Kier molecular flexibility index (Phi) is 4.31. The van der Waals surface area contributed by atoms with Gasteiger partial charge in [-0.1, -0.05) is 12.1 Å². The lowest BCUT2D eigenvalue weighted by Gasteiger charge is -2.08. The third kappa shape index (κ3) is 3.13. The molecule has 4 rings (SSSR count). The van der Waals surface area contributed by atoms with Gasteiger partial charge in [0, 0.05) is 24.8 Å². The summed E-state index contributed by atoms with van der Waals surface area (Å²) < 4.78 is 7.75. The van der Waals surface area contributed by atoms with Crippen LogP contribution in [0.5, 0.6) is 0 Å². The van der Waals surface area contributed by atoms with Crippen molar-refractivity contribution in [3.63, 3.8) is 0 Å². The van der Waals surface area contributed by atoms with Crippen LogP contribution in [0.3, 0.4) is 0 Å². The van der Waals surface area contributed by atoms with E-state index in [-0.39, 0.29) is 0 Å². The number of aryl methyl sites for hydroxylation is 2. The average Bonchev–Trinajstić information content (AvgIpc) is 3.37. The van der Waals surface area contributed by atoms with Gasteiger partial charge in [0.1, 0.15) is 11.6 Å². The summed E-state index contributed by atoms with van der Waals surface area (Å²) in [5.74, 6) is 1.64. The second-order valence-corrected chi connectivity index (χ2v) is 5.87. The Hall–Kier alpha value is -3.28. The van der Waals surface area contributed by atoms with Gasteiger partial charge < -0.3 is 18.3 Å². The first-order valence-electron chi connectivity index (χ1n) is 8.72. The fraction of sp³-hybridized carbons (Fsp3) is 0.200. The van der Waals surface area contributed by atoms with Gasteiger partial charge in [-0.25, -0.2) is 0 Å². The van der Waals surface area contributed by atoms with Gasteiger partial charge >= 0.3 is 0 Å². The molecule has 0 atom stereocenters.